The van der Waals surface area contributed by atoms with Gasteiger partial charge in [-0.1, -0.05) is 35.3 Å². The van der Waals surface area contributed by atoms with Crippen molar-refractivity contribution in [1.29, 1.82) is 0 Å². The molecule has 1 heterocycles. The van der Waals surface area contributed by atoms with Crippen LogP contribution in [0.5, 0.6) is 0 Å². The number of benzene rings is 2. The number of hydrogen-bond donors (Lipinski definition) is 0. The lowest BCUT2D eigenvalue weighted by Gasteiger charge is -2.34. The van der Waals surface area contributed by atoms with Crippen LogP contribution in [0, 0.1) is 17.0 Å². The van der Waals surface area contributed by atoms with Gasteiger partial charge in [-0.25, -0.2) is 8.42 Å². The van der Waals surface area contributed by atoms with E-state index in [1.807, 2.05) is 0 Å². The lowest BCUT2D eigenvalue weighted by molar-refractivity contribution is -0.385. The smallest absolute Gasteiger partial charge is 0.273 e. The first kappa shape index (κ1) is 21.5. The van der Waals surface area contributed by atoms with E-state index in [0.717, 1.165) is 0 Å². The third-order valence-electron chi connectivity index (χ3n) is 4.70. The molecule has 1 fully saturated rings. The molecule has 0 spiro atoms. The number of aryl methyl sites for hydroxylation is 1. The molecule has 0 radical (unpaired) electrons. The van der Waals surface area contributed by atoms with Gasteiger partial charge in [0.2, 0.25) is 10.0 Å². The molecule has 3 rings (SSSR count). The van der Waals surface area contributed by atoms with Gasteiger partial charge in [0.15, 0.2) is 0 Å². The summed E-state index contributed by atoms with van der Waals surface area (Å²) in [7, 11) is -3.92. The van der Waals surface area contributed by atoms with Gasteiger partial charge in [-0.15, -0.1) is 0 Å². The standard InChI is InChI=1S/C18H17Cl2N3O5S/c1-12-5-6-13(11-16(12)23(25)26)18(24)21-7-9-22(10-8-21)29(27,28)17-14(19)3-2-4-15(17)20/h2-6,11H,7-10H2,1H3. The van der Waals surface area contributed by atoms with E-state index in [-0.39, 0.29) is 58.3 Å². The molecule has 1 amide bonds. The maximum absolute atomic E-state index is 12.9. The van der Waals surface area contributed by atoms with E-state index < -0.39 is 14.9 Å². The van der Waals surface area contributed by atoms with Crippen LogP contribution in [0.3, 0.4) is 0 Å². The van der Waals surface area contributed by atoms with Crippen LogP contribution in [0.2, 0.25) is 10.0 Å². The summed E-state index contributed by atoms with van der Waals surface area (Å²) < 4.78 is 27.0. The van der Waals surface area contributed by atoms with Crippen LogP contribution >= 0.6 is 23.2 Å². The Labute approximate surface area is 177 Å². The highest BCUT2D eigenvalue weighted by Crippen LogP contribution is 2.32. The number of nitrogens with zero attached hydrogens (tertiary/aromatic N) is 3. The third-order valence-corrected chi connectivity index (χ3v) is 7.55. The van der Waals surface area contributed by atoms with Crippen molar-refractivity contribution in [2.24, 2.45) is 0 Å². The predicted molar refractivity (Wildman–Crippen MR) is 109 cm³/mol. The first-order valence-corrected chi connectivity index (χ1v) is 10.8. The lowest BCUT2D eigenvalue weighted by Crippen LogP contribution is -2.50. The molecule has 11 heteroatoms. The molecule has 0 unspecified atom stereocenters. The van der Waals surface area contributed by atoms with E-state index in [1.54, 1.807) is 13.0 Å². The van der Waals surface area contributed by atoms with Crippen LogP contribution in [-0.2, 0) is 10.0 Å². The number of hydrogen-bond acceptors (Lipinski definition) is 5. The molecule has 2 aromatic carbocycles. The monoisotopic (exact) mass is 457 g/mol. The number of rotatable bonds is 4. The summed E-state index contributed by atoms with van der Waals surface area (Å²) in [5.41, 5.74) is 0.511. The van der Waals surface area contributed by atoms with Gasteiger partial charge in [0.1, 0.15) is 4.90 Å². The van der Waals surface area contributed by atoms with Gasteiger partial charge in [0.25, 0.3) is 11.6 Å². The first-order valence-electron chi connectivity index (χ1n) is 8.61. The van der Waals surface area contributed by atoms with Crippen LogP contribution in [0.4, 0.5) is 5.69 Å². The largest absolute Gasteiger partial charge is 0.336 e. The third kappa shape index (κ3) is 4.23. The SMILES string of the molecule is Cc1ccc(C(=O)N2CCN(S(=O)(=O)c3c(Cl)cccc3Cl)CC2)cc1[N+](=O)[O-]. The molecule has 0 saturated carbocycles. The van der Waals surface area contributed by atoms with Crippen molar-refractivity contribution >= 4 is 44.8 Å². The van der Waals surface area contributed by atoms with Crippen LogP contribution in [-0.4, -0.2) is 54.6 Å². The zero-order valence-electron chi connectivity index (χ0n) is 15.3. The summed E-state index contributed by atoms with van der Waals surface area (Å²) >= 11 is 12.1. The number of nitro benzene ring substituents is 1. The fourth-order valence-electron chi connectivity index (χ4n) is 3.11. The summed E-state index contributed by atoms with van der Waals surface area (Å²) in [6.45, 7) is 1.99. The first-order chi connectivity index (χ1) is 13.6. The van der Waals surface area contributed by atoms with Crippen molar-refractivity contribution in [3.05, 3.63) is 67.7 Å². The zero-order chi connectivity index (χ0) is 21.3. The van der Waals surface area contributed by atoms with Gasteiger partial charge in [0.05, 0.1) is 15.0 Å². The van der Waals surface area contributed by atoms with Crippen LogP contribution in [0.1, 0.15) is 15.9 Å². The van der Waals surface area contributed by atoms with Crippen LogP contribution in [0.25, 0.3) is 0 Å². The molecule has 154 valence electrons. The fraction of sp³-hybridized carbons (Fsp3) is 0.278. The molecule has 1 saturated heterocycles. The summed E-state index contributed by atoms with van der Waals surface area (Å²) in [5, 5.41) is 11.2. The molecular formula is C18H17Cl2N3O5S. The van der Waals surface area contributed by atoms with Crippen LogP contribution in [0.15, 0.2) is 41.3 Å². The normalized spacial score (nSPS) is 15.3. The maximum Gasteiger partial charge on any atom is 0.273 e. The molecule has 0 bridgehead atoms. The van der Waals surface area contributed by atoms with E-state index in [2.05, 4.69) is 0 Å². The Balaban J connectivity index is 1.76. The van der Waals surface area contributed by atoms with E-state index in [0.29, 0.717) is 5.56 Å². The Hall–Kier alpha value is -2.20. The van der Waals surface area contributed by atoms with Gasteiger partial charge >= 0.3 is 0 Å². The van der Waals surface area contributed by atoms with Gasteiger partial charge in [-0.3, -0.25) is 14.9 Å². The molecule has 29 heavy (non-hydrogen) atoms. The second kappa shape index (κ2) is 8.27. The van der Waals surface area contributed by atoms with E-state index in [9.17, 15) is 23.3 Å². The number of sulfonamides is 1. The second-order valence-corrected chi connectivity index (χ2v) is 9.19. The van der Waals surface area contributed by atoms with Crippen molar-refractivity contribution in [3.63, 3.8) is 0 Å². The minimum absolute atomic E-state index is 0.0305. The Bertz CT molecular complexity index is 1060. The zero-order valence-corrected chi connectivity index (χ0v) is 17.7. The summed E-state index contributed by atoms with van der Waals surface area (Å²) in [6.07, 6.45) is 0. The highest BCUT2D eigenvalue weighted by atomic mass is 35.5. The lowest BCUT2D eigenvalue weighted by atomic mass is 10.1. The topological polar surface area (TPSA) is 101 Å². The van der Waals surface area contributed by atoms with Gasteiger partial charge in [-0.05, 0) is 25.1 Å². The van der Waals surface area contributed by atoms with Crippen molar-refractivity contribution in [3.8, 4) is 0 Å². The van der Waals surface area contributed by atoms with Gasteiger partial charge in [0, 0.05) is 43.4 Å². The Morgan fingerprint density at radius 3 is 2.21 bits per heavy atom. The molecule has 0 aromatic heterocycles. The summed E-state index contributed by atoms with van der Waals surface area (Å²) in [4.78, 5) is 24.6. The molecule has 0 N–H and O–H groups in total. The quantitative estimate of drug-likeness (QED) is 0.517. The fourth-order valence-corrected chi connectivity index (χ4v) is 5.62. The highest BCUT2D eigenvalue weighted by molar-refractivity contribution is 7.89. The number of carbonyl (C=O) groups is 1. The second-order valence-electron chi connectivity index (χ2n) is 6.51. The average molecular weight is 458 g/mol. The maximum atomic E-state index is 12.9. The van der Waals surface area contributed by atoms with E-state index in [4.69, 9.17) is 23.2 Å². The molecule has 0 atom stereocenters. The number of piperazine rings is 1. The minimum Gasteiger partial charge on any atom is -0.336 e. The van der Waals surface area contributed by atoms with Gasteiger partial charge < -0.3 is 4.90 Å². The Morgan fingerprint density at radius 1 is 1.07 bits per heavy atom. The van der Waals surface area contributed by atoms with Crippen molar-refractivity contribution in [1.82, 2.24) is 9.21 Å². The van der Waals surface area contributed by atoms with E-state index in [1.165, 1.54) is 39.5 Å². The van der Waals surface area contributed by atoms with Crippen molar-refractivity contribution in [2.45, 2.75) is 11.8 Å². The molecular weight excluding hydrogens is 441 g/mol. The highest BCUT2D eigenvalue weighted by Gasteiger charge is 2.33. The molecule has 2 aromatic rings. The molecule has 8 nitrogen and oxygen atoms in total. The Kier molecular flexibility index (Phi) is 6.13. The van der Waals surface area contributed by atoms with Crippen molar-refractivity contribution < 1.29 is 18.1 Å². The van der Waals surface area contributed by atoms with Gasteiger partial charge in [-0.2, -0.15) is 4.31 Å². The van der Waals surface area contributed by atoms with Crippen molar-refractivity contribution in [2.75, 3.05) is 26.2 Å². The molecule has 1 aliphatic heterocycles. The van der Waals surface area contributed by atoms with E-state index >= 15 is 0 Å². The number of nitro groups is 1. The number of halogens is 2. The Morgan fingerprint density at radius 2 is 1.66 bits per heavy atom. The summed E-state index contributed by atoms with van der Waals surface area (Å²) in [5.74, 6) is -0.388. The average Bonchev–Trinajstić information content (AvgIpc) is 2.67. The number of carbonyl (C=O) groups excluding carboxylic acids is 1. The molecule has 0 aliphatic carbocycles. The molecule has 1 aliphatic rings. The minimum atomic E-state index is -3.92. The van der Waals surface area contributed by atoms with Crippen LogP contribution < -0.4 is 0 Å². The predicted octanol–water partition coefficient (Wildman–Crippen LogP) is 3.36. The number of amides is 1. The summed E-state index contributed by atoms with van der Waals surface area (Å²) in [6, 6.07) is 8.74.